The van der Waals surface area contributed by atoms with E-state index >= 15 is 0 Å². The van der Waals surface area contributed by atoms with Gasteiger partial charge in [-0.2, -0.15) is 0 Å². The van der Waals surface area contributed by atoms with Crippen LogP contribution in [0.4, 0.5) is 5.69 Å². The summed E-state index contributed by atoms with van der Waals surface area (Å²) in [7, 11) is 0. The summed E-state index contributed by atoms with van der Waals surface area (Å²) in [5.41, 5.74) is 3.75. The minimum Gasteiger partial charge on any atom is -0.344 e. The number of amides is 1. The molecular weight excluding hydrogens is 316 g/mol. The van der Waals surface area contributed by atoms with E-state index in [1.807, 2.05) is 42.8 Å². The molecule has 2 aromatic rings. The van der Waals surface area contributed by atoms with Crippen LogP contribution in [0.2, 0.25) is 0 Å². The fraction of sp³-hybridized carbons (Fsp3) is 0.312. The number of hydrogen-bond acceptors (Lipinski definition) is 1. The highest BCUT2D eigenvalue weighted by molar-refractivity contribution is 9.10. The van der Waals surface area contributed by atoms with Crippen molar-refractivity contribution in [3.63, 3.8) is 0 Å². The van der Waals surface area contributed by atoms with Crippen LogP contribution in [0.25, 0.3) is 0 Å². The lowest BCUT2D eigenvalue weighted by Gasteiger charge is -2.13. The summed E-state index contributed by atoms with van der Waals surface area (Å²) in [4.78, 5) is 12.4. The molecule has 0 bridgehead atoms. The monoisotopic (exact) mass is 334 g/mol. The van der Waals surface area contributed by atoms with Crippen LogP contribution >= 0.6 is 15.9 Å². The minimum atomic E-state index is -0.0731. The number of aryl methyl sites for hydroxylation is 3. The number of anilines is 1. The third kappa shape index (κ3) is 3.12. The highest BCUT2D eigenvalue weighted by Gasteiger charge is 2.13. The average molecular weight is 335 g/mol. The number of hydrogen-bond donors (Lipinski definition) is 1. The maximum atomic E-state index is 12.4. The van der Waals surface area contributed by atoms with E-state index in [0.717, 1.165) is 28.7 Å². The van der Waals surface area contributed by atoms with Crippen LogP contribution in [-0.4, -0.2) is 10.5 Å². The van der Waals surface area contributed by atoms with Gasteiger partial charge in [0.1, 0.15) is 5.69 Å². The first-order chi connectivity index (χ1) is 9.52. The first-order valence-corrected chi connectivity index (χ1v) is 7.55. The van der Waals surface area contributed by atoms with Crippen molar-refractivity contribution < 1.29 is 4.79 Å². The normalized spacial score (nSPS) is 10.6. The summed E-state index contributed by atoms with van der Waals surface area (Å²) in [6, 6.07) is 7.82. The molecule has 4 heteroatoms. The lowest BCUT2D eigenvalue weighted by Crippen LogP contribution is -2.17. The number of rotatable bonds is 4. The van der Waals surface area contributed by atoms with Crippen LogP contribution in [0.15, 0.2) is 34.9 Å². The zero-order valence-corrected chi connectivity index (χ0v) is 13.6. The summed E-state index contributed by atoms with van der Waals surface area (Å²) < 4.78 is 2.89. The second-order valence-electron chi connectivity index (χ2n) is 4.98. The Labute approximate surface area is 128 Å². The number of benzene rings is 1. The molecule has 0 aliphatic rings. The first kappa shape index (κ1) is 14.9. The fourth-order valence-corrected chi connectivity index (χ4v) is 3.08. The predicted octanol–water partition coefficient (Wildman–Crippen LogP) is 4.53. The van der Waals surface area contributed by atoms with Crippen LogP contribution in [0, 0.1) is 13.8 Å². The van der Waals surface area contributed by atoms with E-state index in [1.54, 1.807) is 0 Å². The zero-order chi connectivity index (χ0) is 14.7. The Bertz CT molecular complexity index is 608. The van der Waals surface area contributed by atoms with Gasteiger partial charge in [-0.25, -0.2) is 0 Å². The SMILES string of the molecule is CCCn1cccc1C(=O)Nc1c(C)cc(C)cc1Br. The van der Waals surface area contributed by atoms with Gasteiger partial charge < -0.3 is 9.88 Å². The molecule has 0 spiro atoms. The minimum absolute atomic E-state index is 0.0731. The number of nitrogens with zero attached hydrogens (tertiary/aromatic N) is 1. The Morgan fingerprint density at radius 1 is 1.35 bits per heavy atom. The van der Waals surface area contributed by atoms with E-state index in [4.69, 9.17) is 0 Å². The lowest BCUT2D eigenvalue weighted by molar-refractivity contribution is 0.101. The molecule has 0 unspecified atom stereocenters. The summed E-state index contributed by atoms with van der Waals surface area (Å²) in [6.45, 7) is 6.99. The van der Waals surface area contributed by atoms with Crippen LogP contribution in [0.1, 0.15) is 35.0 Å². The van der Waals surface area contributed by atoms with Crippen molar-refractivity contribution in [3.05, 3.63) is 51.8 Å². The van der Waals surface area contributed by atoms with Crippen LogP contribution in [-0.2, 0) is 6.54 Å². The molecule has 1 heterocycles. The third-order valence-electron chi connectivity index (χ3n) is 3.20. The molecule has 0 saturated carbocycles. The topological polar surface area (TPSA) is 34.0 Å². The van der Waals surface area contributed by atoms with Gasteiger partial charge in [-0.3, -0.25) is 4.79 Å². The smallest absolute Gasteiger partial charge is 0.272 e. The van der Waals surface area contributed by atoms with Crippen LogP contribution < -0.4 is 5.32 Å². The number of carbonyl (C=O) groups is 1. The van der Waals surface area contributed by atoms with E-state index in [0.29, 0.717) is 5.69 Å². The average Bonchev–Trinajstić information content (AvgIpc) is 2.82. The number of aromatic nitrogens is 1. The third-order valence-corrected chi connectivity index (χ3v) is 3.82. The van der Waals surface area contributed by atoms with E-state index in [9.17, 15) is 4.79 Å². The largest absolute Gasteiger partial charge is 0.344 e. The quantitative estimate of drug-likeness (QED) is 0.875. The van der Waals surface area contributed by atoms with Gasteiger partial charge in [-0.15, -0.1) is 0 Å². The molecule has 1 aromatic heterocycles. The molecular formula is C16H19BrN2O. The van der Waals surface area contributed by atoms with Gasteiger partial charge in [0.15, 0.2) is 0 Å². The second-order valence-corrected chi connectivity index (χ2v) is 5.83. The maximum Gasteiger partial charge on any atom is 0.272 e. The van der Waals surface area contributed by atoms with E-state index in [2.05, 4.69) is 34.2 Å². The van der Waals surface area contributed by atoms with Gasteiger partial charge in [-0.1, -0.05) is 13.0 Å². The number of nitrogens with one attached hydrogen (secondary N) is 1. The molecule has 1 N–H and O–H groups in total. The molecule has 20 heavy (non-hydrogen) atoms. The molecule has 0 fully saturated rings. The van der Waals surface area contributed by atoms with Gasteiger partial charge in [-0.05, 0) is 65.5 Å². The van der Waals surface area contributed by atoms with Crippen molar-refractivity contribution in [2.45, 2.75) is 33.7 Å². The Morgan fingerprint density at radius 2 is 2.10 bits per heavy atom. The van der Waals surface area contributed by atoms with Crippen molar-refractivity contribution in [2.75, 3.05) is 5.32 Å². The summed E-state index contributed by atoms with van der Waals surface area (Å²) in [5.74, 6) is -0.0731. The number of halogens is 1. The lowest BCUT2D eigenvalue weighted by atomic mass is 10.1. The van der Waals surface area contributed by atoms with Crippen molar-refractivity contribution in [2.24, 2.45) is 0 Å². The molecule has 106 valence electrons. The van der Waals surface area contributed by atoms with Gasteiger partial charge in [0.2, 0.25) is 0 Å². The number of carbonyl (C=O) groups excluding carboxylic acids is 1. The standard InChI is InChI=1S/C16H19BrN2O/c1-4-7-19-8-5-6-14(19)16(20)18-15-12(3)9-11(2)10-13(15)17/h5-6,8-10H,4,7H2,1-3H3,(H,18,20). The highest BCUT2D eigenvalue weighted by Crippen LogP contribution is 2.28. The van der Waals surface area contributed by atoms with Gasteiger partial charge in [0.05, 0.1) is 5.69 Å². The highest BCUT2D eigenvalue weighted by atomic mass is 79.9. The molecule has 0 radical (unpaired) electrons. The zero-order valence-electron chi connectivity index (χ0n) is 12.0. The van der Waals surface area contributed by atoms with Crippen molar-refractivity contribution in [1.29, 1.82) is 0 Å². The van der Waals surface area contributed by atoms with E-state index < -0.39 is 0 Å². The molecule has 0 aliphatic heterocycles. The van der Waals surface area contributed by atoms with Gasteiger partial charge in [0, 0.05) is 17.2 Å². The summed E-state index contributed by atoms with van der Waals surface area (Å²) in [6.07, 6.45) is 2.94. The summed E-state index contributed by atoms with van der Waals surface area (Å²) >= 11 is 3.52. The Morgan fingerprint density at radius 3 is 2.75 bits per heavy atom. The molecule has 1 aromatic carbocycles. The van der Waals surface area contributed by atoms with Crippen LogP contribution in [0.5, 0.6) is 0 Å². The van der Waals surface area contributed by atoms with Gasteiger partial charge >= 0.3 is 0 Å². The predicted molar refractivity (Wildman–Crippen MR) is 86.3 cm³/mol. The molecule has 0 atom stereocenters. The fourth-order valence-electron chi connectivity index (χ4n) is 2.31. The molecule has 1 amide bonds. The van der Waals surface area contributed by atoms with Crippen molar-refractivity contribution in [1.82, 2.24) is 4.57 Å². The van der Waals surface area contributed by atoms with Crippen molar-refractivity contribution in [3.8, 4) is 0 Å². The van der Waals surface area contributed by atoms with Crippen molar-refractivity contribution >= 4 is 27.5 Å². The molecule has 0 saturated heterocycles. The summed E-state index contributed by atoms with van der Waals surface area (Å²) in [5, 5.41) is 3.00. The molecule has 3 nitrogen and oxygen atoms in total. The van der Waals surface area contributed by atoms with E-state index in [-0.39, 0.29) is 5.91 Å². The molecule has 2 rings (SSSR count). The first-order valence-electron chi connectivity index (χ1n) is 6.76. The maximum absolute atomic E-state index is 12.4. The Balaban J connectivity index is 2.26. The second kappa shape index (κ2) is 6.27. The Kier molecular flexibility index (Phi) is 4.65. The van der Waals surface area contributed by atoms with E-state index in [1.165, 1.54) is 5.56 Å². The van der Waals surface area contributed by atoms with Gasteiger partial charge in [0.25, 0.3) is 5.91 Å². The van der Waals surface area contributed by atoms with Crippen LogP contribution in [0.3, 0.4) is 0 Å². The molecule has 0 aliphatic carbocycles. The Hall–Kier alpha value is -1.55.